The fourth-order valence-corrected chi connectivity index (χ4v) is 7.79. The number of hydrogen-bond acceptors (Lipinski definition) is 5. The van der Waals surface area contributed by atoms with Gasteiger partial charge in [-0.05, 0) is 87.0 Å². The van der Waals surface area contributed by atoms with Gasteiger partial charge < -0.3 is 20.3 Å². The molecule has 4 bridgehead atoms. The quantitative estimate of drug-likeness (QED) is 0.549. The highest BCUT2D eigenvalue weighted by atomic mass is 16.5. The molecule has 2 N–H and O–H groups in total. The first-order valence-electron chi connectivity index (χ1n) is 14.0. The SMILES string of the molecule is CC(=O)N1CCN(CCCOc2ccc(NC(=O)NC34CC5CC(CC(C5)C3)C4)c3cccnc23)CC1. The molecule has 1 aromatic heterocycles. The molecule has 198 valence electrons. The van der Waals surface area contributed by atoms with E-state index in [1.54, 1.807) is 13.1 Å². The molecule has 8 heteroatoms. The van der Waals surface area contributed by atoms with Crippen LogP contribution in [0.25, 0.3) is 10.9 Å². The zero-order valence-electron chi connectivity index (χ0n) is 21.9. The summed E-state index contributed by atoms with van der Waals surface area (Å²) in [5, 5.41) is 7.42. The summed E-state index contributed by atoms with van der Waals surface area (Å²) in [4.78, 5) is 33.5. The van der Waals surface area contributed by atoms with E-state index < -0.39 is 0 Å². The number of carbonyl (C=O) groups is 2. The first kappa shape index (κ1) is 24.5. The Bertz CT molecular complexity index is 1120. The number of fused-ring (bicyclic) bond motifs is 1. The summed E-state index contributed by atoms with van der Waals surface area (Å²) >= 11 is 0. The third-order valence-electron chi connectivity index (χ3n) is 9.09. The molecule has 7 rings (SSSR count). The summed E-state index contributed by atoms with van der Waals surface area (Å²) in [5.41, 5.74) is 1.51. The van der Waals surface area contributed by atoms with Crippen LogP contribution in [-0.2, 0) is 4.79 Å². The first-order valence-corrected chi connectivity index (χ1v) is 14.0. The van der Waals surface area contributed by atoms with Gasteiger partial charge in [0.05, 0.1) is 12.3 Å². The Morgan fingerprint density at radius 2 is 1.73 bits per heavy atom. The molecule has 1 aliphatic heterocycles. The number of carbonyl (C=O) groups excluding carboxylic acids is 2. The zero-order valence-corrected chi connectivity index (χ0v) is 21.9. The number of rotatable bonds is 7. The Morgan fingerprint density at radius 3 is 2.41 bits per heavy atom. The van der Waals surface area contributed by atoms with Crippen LogP contribution in [0.15, 0.2) is 30.5 Å². The van der Waals surface area contributed by atoms with Crippen molar-refractivity contribution < 1.29 is 14.3 Å². The molecular weight excluding hydrogens is 466 g/mol. The van der Waals surface area contributed by atoms with Gasteiger partial charge in [0.1, 0.15) is 11.3 Å². The molecule has 2 aromatic rings. The van der Waals surface area contributed by atoms with E-state index in [1.807, 2.05) is 29.2 Å². The van der Waals surface area contributed by atoms with Crippen LogP contribution in [0.5, 0.6) is 5.75 Å². The van der Waals surface area contributed by atoms with Crippen LogP contribution in [0, 0.1) is 17.8 Å². The van der Waals surface area contributed by atoms with Crippen LogP contribution >= 0.6 is 0 Å². The Balaban J connectivity index is 1.05. The molecule has 0 atom stereocenters. The van der Waals surface area contributed by atoms with Crippen LogP contribution in [0.2, 0.25) is 0 Å². The lowest BCUT2D eigenvalue weighted by Crippen LogP contribution is -2.60. The minimum Gasteiger partial charge on any atom is -0.491 e. The number of urea groups is 1. The van der Waals surface area contributed by atoms with E-state index in [4.69, 9.17) is 4.74 Å². The van der Waals surface area contributed by atoms with Crippen LogP contribution in [-0.4, -0.2) is 71.6 Å². The van der Waals surface area contributed by atoms with Gasteiger partial charge in [-0.25, -0.2) is 4.79 Å². The van der Waals surface area contributed by atoms with Crippen molar-refractivity contribution in [2.75, 3.05) is 44.6 Å². The van der Waals surface area contributed by atoms with E-state index in [-0.39, 0.29) is 17.5 Å². The molecule has 1 aromatic carbocycles. The van der Waals surface area contributed by atoms with E-state index in [0.29, 0.717) is 6.61 Å². The summed E-state index contributed by atoms with van der Waals surface area (Å²) in [6.07, 6.45) is 10.1. The van der Waals surface area contributed by atoms with E-state index in [9.17, 15) is 9.59 Å². The second-order valence-corrected chi connectivity index (χ2v) is 11.8. The Kier molecular flexibility index (Phi) is 6.69. The molecule has 4 aliphatic carbocycles. The highest BCUT2D eigenvalue weighted by Gasteiger charge is 2.51. The third kappa shape index (κ3) is 5.26. The molecule has 37 heavy (non-hydrogen) atoms. The van der Waals surface area contributed by atoms with Gasteiger partial charge in [0.2, 0.25) is 5.91 Å². The Morgan fingerprint density at radius 1 is 1.03 bits per heavy atom. The zero-order chi connectivity index (χ0) is 25.4. The van der Waals surface area contributed by atoms with Crippen LogP contribution in [0.4, 0.5) is 10.5 Å². The van der Waals surface area contributed by atoms with Crippen molar-refractivity contribution in [2.45, 2.75) is 57.4 Å². The summed E-state index contributed by atoms with van der Waals surface area (Å²) in [6.45, 7) is 6.61. The Labute approximate surface area is 219 Å². The topological polar surface area (TPSA) is 86.8 Å². The van der Waals surface area contributed by atoms with Crippen LogP contribution in [0.1, 0.15) is 51.9 Å². The van der Waals surface area contributed by atoms with Crippen LogP contribution < -0.4 is 15.4 Å². The maximum absolute atomic E-state index is 13.1. The molecule has 4 saturated carbocycles. The van der Waals surface area contributed by atoms with Gasteiger partial charge in [-0.2, -0.15) is 0 Å². The van der Waals surface area contributed by atoms with Gasteiger partial charge in [0.25, 0.3) is 0 Å². The standard InChI is InChI=1S/C29H39N5O3/c1-20(35)34-11-9-33(10-12-34)8-3-13-37-26-6-5-25(24-4-2-7-30-27(24)26)31-28(36)32-29-17-21-14-22(18-29)16-23(15-21)19-29/h2,4-7,21-23H,3,8-19H2,1H3,(H2,31,32,36). The lowest BCUT2D eigenvalue weighted by atomic mass is 9.53. The van der Waals surface area contributed by atoms with E-state index in [2.05, 4.69) is 20.5 Å². The number of piperazine rings is 1. The molecule has 1 saturated heterocycles. The Hall–Kier alpha value is -2.87. The normalized spacial score (nSPS) is 28.9. The fraction of sp³-hybridized carbons (Fsp3) is 0.621. The van der Waals surface area contributed by atoms with Crippen molar-refractivity contribution in [1.29, 1.82) is 0 Å². The molecule has 2 heterocycles. The predicted molar refractivity (Wildman–Crippen MR) is 144 cm³/mol. The third-order valence-corrected chi connectivity index (χ3v) is 9.09. The number of pyridine rings is 1. The summed E-state index contributed by atoms with van der Waals surface area (Å²) in [5.74, 6) is 3.27. The molecule has 5 aliphatic rings. The highest BCUT2D eigenvalue weighted by molar-refractivity contribution is 6.02. The van der Waals surface area contributed by atoms with Crippen molar-refractivity contribution in [3.8, 4) is 5.75 Å². The largest absolute Gasteiger partial charge is 0.491 e. The molecule has 8 nitrogen and oxygen atoms in total. The van der Waals surface area contributed by atoms with Gasteiger partial charge in [0, 0.05) is 56.8 Å². The summed E-state index contributed by atoms with van der Waals surface area (Å²) < 4.78 is 6.14. The maximum atomic E-state index is 13.1. The number of anilines is 1. The second kappa shape index (κ2) is 10.1. The second-order valence-electron chi connectivity index (χ2n) is 11.8. The smallest absolute Gasteiger partial charge is 0.319 e. The number of ether oxygens (including phenoxy) is 1. The van der Waals surface area contributed by atoms with Gasteiger partial charge in [-0.3, -0.25) is 14.7 Å². The molecule has 0 radical (unpaired) electrons. The van der Waals surface area contributed by atoms with E-state index >= 15 is 0 Å². The van der Waals surface area contributed by atoms with E-state index in [0.717, 1.165) is 98.5 Å². The van der Waals surface area contributed by atoms with Gasteiger partial charge in [0.15, 0.2) is 0 Å². The number of aromatic nitrogens is 1. The monoisotopic (exact) mass is 505 g/mol. The lowest BCUT2D eigenvalue weighted by molar-refractivity contribution is -0.130. The minimum atomic E-state index is -0.106. The van der Waals surface area contributed by atoms with Gasteiger partial charge in [-0.15, -0.1) is 0 Å². The summed E-state index contributed by atoms with van der Waals surface area (Å²) in [6, 6.07) is 7.63. The van der Waals surface area contributed by atoms with Crippen molar-refractivity contribution in [2.24, 2.45) is 17.8 Å². The van der Waals surface area contributed by atoms with Gasteiger partial charge in [-0.1, -0.05) is 0 Å². The molecular formula is C29H39N5O3. The minimum absolute atomic E-state index is 0.0192. The average Bonchev–Trinajstić information content (AvgIpc) is 2.87. The first-order chi connectivity index (χ1) is 18.0. The maximum Gasteiger partial charge on any atom is 0.319 e. The van der Waals surface area contributed by atoms with Crippen molar-refractivity contribution in [3.05, 3.63) is 30.5 Å². The van der Waals surface area contributed by atoms with E-state index in [1.165, 1.54) is 19.3 Å². The van der Waals surface area contributed by atoms with Crippen LogP contribution in [0.3, 0.4) is 0 Å². The van der Waals surface area contributed by atoms with Crippen molar-refractivity contribution in [3.63, 3.8) is 0 Å². The van der Waals surface area contributed by atoms with Crippen molar-refractivity contribution >= 4 is 28.5 Å². The lowest BCUT2D eigenvalue weighted by Gasteiger charge is -2.56. The molecule has 0 unspecified atom stereocenters. The fourth-order valence-electron chi connectivity index (χ4n) is 7.79. The highest BCUT2D eigenvalue weighted by Crippen LogP contribution is 2.55. The number of benzene rings is 1. The van der Waals surface area contributed by atoms with Crippen molar-refractivity contribution in [1.82, 2.24) is 20.1 Å². The number of amides is 3. The number of nitrogens with zero attached hydrogens (tertiary/aromatic N) is 3. The average molecular weight is 506 g/mol. The number of nitrogens with one attached hydrogen (secondary N) is 2. The predicted octanol–water partition coefficient (Wildman–Crippen LogP) is 4.26. The summed E-state index contributed by atoms with van der Waals surface area (Å²) in [7, 11) is 0. The van der Waals surface area contributed by atoms with Gasteiger partial charge >= 0.3 is 6.03 Å². The molecule has 3 amide bonds. The molecule has 5 fully saturated rings. The molecule has 0 spiro atoms. The number of hydrogen-bond donors (Lipinski definition) is 2.